The molecular weight excluding hydrogens is 423 g/mol. The van der Waals surface area contributed by atoms with E-state index in [4.69, 9.17) is 18.9 Å². The summed E-state index contributed by atoms with van der Waals surface area (Å²) in [6.07, 6.45) is -4.46. The molecule has 5 atom stereocenters. The zero-order valence-electron chi connectivity index (χ0n) is 17.2. The van der Waals surface area contributed by atoms with Crippen LogP contribution in [0.4, 0.5) is 4.39 Å². The summed E-state index contributed by atoms with van der Waals surface area (Å²) in [6.45, 7) is 0.287. The number of rotatable bonds is 6. The van der Waals surface area contributed by atoms with E-state index in [1.807, 2.05) is 24.3 Å². The molecule has 0 saturated carbocycles. The molecule has 0 unspecified atom stereocenters. The number of ether oxygens (including phenoxy) is 4. The summed E-state index contributed by atoms with van der Waals surface area (Å²) in [5.41, 5.74) is -0.116. The van der Waals surface area contributed by atoms with Crippen LogP contribution in [0.25, 0.3) is 0 Å². The second-order valence-electron chi connectivity index (χ2n) is 8.57. The monoisotopic (exact) mass is 448 g/mol. The summed E-state index contributed by atoms with van der Waals surface area (Å²) < 4.78 is 37.0. The van der Waals surface area contributed by atoms with Crippen LogP contribution in [0.5, 0.6) is 5.75 Å². The topological polar surface area (TPSA) is 118 Å². The van der Waals surface area contributed by atoms with Crippen molar-refractivity contribution in [3.8, 4) is 5.75 Å². The zero-order valence-corrected chi connectivity index (χ0v) is 17.2. The number of hydrogen-bond acceptors (Lipinski definition) is 8. The summed E-state index contributed by atoms with van der Waals surface area (Å²) in [5, 5.41) is 41.1. The smallest absolute Gasteiger partial charge is 0.225 e. The lowest BCUT2D eigenvalue weighted by molar-refractivity contribution is -0.329. The lowest BCUT2D eigenvalue weighted by atomic mass is 9.83. The maximum absolute atomic E-state index is 14.6. The molecule has 0 amide bonds. The van der Waals surface area contributed by atoms with Crippen LogP contribution in [0, 0.1) is 5.82 Å². The minimum atomic E-state index is -1.83. The third-order valence-electron chi connectivity index (χ3n) is 6.41. The van der Waals surface area contributed by atoms with Gasteiger partial charge in [-0.3, -0.25) is 0 Å². The Morgan fingerprint density at radius 2 is 1.78 bits per heavy atom. The Kier molecular flexibility index (Phi) is 5.45. The van der Waals surface area contributed by atoms with Crippen LogP contribution in [0.3, 0.4) is 0 Å². The Hall–Kier alpha value is -2.11. The van der Waals surface area contributed by atoms with Gasteiger partial charge in [-0.05, 0) is 35.4 Å². The molecule has 4 N–H and O–H groups in total. The van der Waals surface area contributed by atoms with Gasteiger partial charge in [0.25, 0.3) is 0 Å². The normalized spacial score (nSPS) is 34.3. The van der Waals surface area contributed by atoms with Crippen molar-refractivity contribution in [3.63, 3.8) is 0 Å². The molecule has 0 spiro atoms. The molecule has 2 aromatic rings. The van der Waals surface area contributed by atoms with Crippen LogP contribution in [0.2, 0.25) is 0 Å². The average molecular weight is 448 g/mol. The molecule has 172 valence electrons. The van der Waals surface area contributed by atoms with Crippen molar-refractivity contribution in [1.82, 2.24) is 0 Å². The molecule has 9 heteroatoms. The van der Waals surface area contributed by atoms with Crippen LogP contribution in [-0.4, -0.2) is 76.9 Å². The molecule has 2 bridgehead atoms. The van der Waals surface area contributed by atoms with Crippen molar-refractivity contribution in [3.05, 3.63) is 65.0 Å². The fourth-order valence-corrected chi connectivity index (χ4v) is 4.38. The Bertz CT molecular complexity index is 980. The highest BCUT2D eigenvalue weighted by atomic mass is 19.1. The highest BCUT2D eigenvalue weighted by molar-refractivity contribution is 5.36. The Morgan fingerprint density at radius 3 is 2.44 bits per heavy atom. The fraction of sp³-hybridized carbons (Fsp3) is 0.478. The van der Waals surface area contributed by atoms with Gasteiger partial charge >= 0.3 is 0 Å². The van der Waals surface area contributed by atoms with Gasteiger partial charge in [-0.1, -0.05) is 18.2 Å². The van der Waals surface area contributed by atoms with E-state index in [1.165, 1.54) is 18.2 Å². The minimum absolute atomic E-state index is 0.0578. The standard InChI is InChI=1S/C23H25FO8/c24-18-6-3-15(23-21(28)19(26)20(27)22(11-25,32-23)12-30-23)8-14(18)7-13-1-4-16(5-2-13)31-17-9-29-10-17/h1-6,8,17,19-21,25-28H,7,9-12H2/t19-,20-,21-,22-,23+/m0/s1. The maximum Gasteiger partial charge on any atom is 0.225 e. The third kappa shape index (κ3) is 3.41. The van der Waals surface area contributed by atoms with E-state index < -0.39 is 42.1 Å². The molecule has 5 rings (SSSR count). The van der Waals surface area contributed by atoms with E-state index in [2.05, 4.69) is 0 Å². The van der Waals surface area contributed by atoms with Crippen LogP contribution in [-0.2, 0) is 26.4 Å². The van der Waals surface area contributed by atoms with E-state index in [1.54, 1.807) is 0 Å². The van der Waals surface area contributed by atoms with Crippen molar-refractivity contribution in [1.29, 1.82) is 0 Å². The number of benzene rings is 2. The minimum Gasteiger partial charge on any atom is -0.486 e. The number of aliphatic hydroxyl groups excluding tert-OH is 4. The molecule has 3 heterocycles. The molecule has 0 aliphatic carbocycles. The van der Waals surface area contributed by atoms with Crippen LogP contribution in [0.1, 0.15) is 16.7 Å². The second-order valence-corrected chi connectivity index (χ2v) is 8.57. The fourth-order valence-electron chi connectivity index (χ4n) is 4.38. The summed E-state index contributed by atoms with van der Waals surface area (Å²) >= 11 is 0. The number of hydrogen-bond donors (Lipinski definition) is 4. The first-order chi connectivity index (χ1) is 15.4. The number of fused-ring (bicyclic) bond motifs is 2. The third-order valence-corrected chi connectivity index (χ3v) is 6.41. The lowest BCUT2D eigenvalue weighted by Gasteiger charge is -2.45. The average Bonchev–Trinajstić information content (AvgIpc) is 3.16. The van der Waals surface area contributed by atoms with Gasteiger partial charge in [-0.25, -0.2) is 4.39 Å². The van der Waals surface area contributed by atoms with Gasteiger partial charge in [-0.2, -0.15) is 0 Å². The van der Waals surface area contributed by atoms with Gasteiger partial charge in [0.1, 0.15) is 41.6 Å². The quantitative estimate of drug-likeness (QED) is 0.496. The Balaban J connectivity index is 1.40. The van der Waals surface area contributed by atoms with E-state index in [0.717, 1.165) is 5.56 Å². The van der Waals surface area contributed by atoms with Crippen LogP contribution < -0.4 is 4.74 Å². The van der Waals surface area contributed by atoms with Crippen molar-refractivity contribution in [2.24, 2.45) is 0 Å². The molecule has 3 fully saturated rings. The number of aliphatic hydroxyl groups is 4. The number of halogens is 1. The van der Waals surface area contributed by atoms with E-state index >= 15 is 0 Å². The van der Waals surface area contributed by atoms with Crippen molar-refractivity contribution < 1.29 is 43.8 Å². The predicted molar refractivity (Wildman–Crippen MR) is 107 cm³/mol. The molecular formula is C23H25FO8. The van der Waals surface area contributed by atoms with E-state index in [9.17, 15) is 24.8 Å². The van der Waals surface area contributed by atoms with Gasteiger partial charge in [0, 0.05) is 12.0 Å². The van der Waals surface area contributed by atoms with Gasteiger partial charge in [0.2, 0.25) is 5.79 Å². The first-order valence-electron chi connectivity index (χ1n) is 10.5. The van der Waals surface area contributed by atoms with E-state index in [-0.39, 0.29) is 24.7 Å². The van der Waals surface area contributed by atoms with Gasteiger partial charge in [0.15, 0.2) is 0 Å². The largest absolute Gasteiger partial charge is 0.486 e. The van der Waals surface area contributed by atoms with Crippen molar-refractivity contribution in [2.45, 2.75) is 42.2 Å². The van der Waals surface area contributed by atoms with Gasteiger partial charge < -0.3 is 39.4 Å². The molecule has 0 radical (unpaired) electrons. The molecule has 0 aromatic heterocycles. The van der Waals surface area contributed by atoms with Crippen molar-refractivity contribution in [2.75, 3.05) is 26.4 Å². The van der Waals surface area contributed by atoms with Crippen LogP contribution in [0.15, 0.2) is 42.5 Å². The summed E-state index contributed by atoms with van der Waals surface area (Å²) in [5.74, 6) is -1.57. The van der Waals surface area contributed by atoms with Crippen LogP contribution >= 0.6 is 0 Å². The highest BCUT2D eigenvalue weighted by Gasteiger charge is 2.67. The highest BCUT2D eigenvalue weighted by Crippen LogP contribution is 2.49. The van der Waals surface area contributed by atoms with E-state index in [0.29, 0.717) is 24.5 Å². The first-order valence-corrected chi connectivity index (χ1v) is 10.5. The predicted octanol–water partition coefficient (Wildman–Crippen LogP) is 0.221. The molecule has 3 aliphatic heterocycles. The Morgan fingerprint density at radius 1 is 1.03 bits per heavy atom. The Labute approximate surface area is 183 Å². The summed E-state index contributed by atoms with van der Waals surface area (Å²) in [4.78, 5) is 0. The molecule has 3 aliphatic rings. The van der Waals surface area contributed by atoms with Gasteiger partial charge in [0.05, 0.1) is 26.4 Å². The summed E-state index contributed by atoms with van der Waals surface area (Å²) in [7, 11) is 0. The molecule has 2 aromatic carbocycles. The molecule has 8 nitrogen and oxygen atoms in total. The second kappa shape index (κ2) is 8.03. The first kappa shape index (κ1) is 21.7. The lowest BCUT2D eigenvalue weighted by Crippen LogP contribution is -2.65. The zero-order chi connectivity index (χ0) is 22.5. The van der Waals surface area contributed by atoms with Crippen molar-refractivity contribution >= 4 is 0 Å². The SMILES string of the molecule is OC[C@@]12CO[C@](c3ccc(F)c(Cc4ccc(OC5COC5)cc4)c3)(O1)[C@@H](O)[C@@H](O)[C@@H]2O. The molecule has 32 heavy (non-hydrogen) atoms. The maximum atomic E-state index is 14.6. The van der Waals surface area contributed by atoms with Gasteiger partial charge in [-0.15, -0.1) is 0 Å². The summed E-state index contributed by atoms with van der Waals surface area (Å²) in [6, 6.07) is 11.5. The molecule has 3 saturated heterocycles.